The second-order valence-corrected chi connectivity index (χ2v) is 9.17. The molecule has 18 heteroatoms. The van der Waals surface area contributed by atoms with Crippen LogP contribution < -0.4 is 27.7 Å². The van der Waals surface area contributed by atoms with Crippen LogP contribution in [0.5, 0.6) is 0 Å². The smallest absolute Gasteiger partial charge is 0.326 e. The number of fused-ring (bicyclic) bond motifs is 1. The highest BCUT2D eigenvalue weighted by Crippen LogP contribution is 2.06. The molecule has 224 valence electrons. The van der Waals surface area contributed by atoms with Crippen molar-refractivity contribution in [3.63, 3.8) is 0 Å². The molecular formula is C22H36N8O9S. The molecule has 17 nitrogen and oxygen atoms in total. The van der Waals surface area contributed by atoms with Crippen LogP contribution in [0.3, 0.4) is 0 Å². The molecule has 0 aromatic carbocycles. The number of carboxylic acids is 2. The molecular weight excluding hydrogens is 552 g/mol. The topological polar surface area (TPSA) is 278 Å². The highest BCUT2D eigenvalue weighted by molar-refractivity contribution is 7.80. The zero-order valence-corrected chi connectivity index (χ0v) is 23.0. The molecule has 0 unspecified atom stereocenters. The summed E-state index contributed by atoms with van der Waals surface area (Å²) in [4.78, 5) is 67.1. The summed E-state index contributed by atoms with van der Waals surface area (Å²) in [6, 6.07) is -3.08. The number of carbonyl (C=O) groups excluding carboxylic acids is 2. The van der Waals surface area contributed by atoms with E-state index in [1.807, 2.05) is 0 Å². The van der Waals surface area contributed by atoms with Gasteiger partial charge in [-0.05, 0) is 18.8 Å². The molecule has 0 spiro atoms. The van der Waals surface area contributed by atoms with Crippen LogP contribution in [0.25, 0.3) is 11.2 Å². The predicted octanol–water partition coefficient (Wildman–Crippen LogP) is -2.12. The van der Waals surface area contributed by atoms with E-state index in [1.54, 1.807) is 13.8 Å². The Balaban J connectivity index is 0.000000429. The van der Waals surface area contributed by atoms with Gasteiger partial charge in [-0.1, -0.05) is 13.8 Å². The first kappa shape index (κ1) is 34.3. The minimum atomic E-state index is -1.16. The van der Waals surface area contributed by atoms with Crippen LogP contribution >= 0.6 is 12.6 Å². The van der Waals surface area contributed by atoms with E-state index in [4.69, 9.17) is 31.5 Å². The summed E-state index contributed by atoms with van der Waals surface area (Å²) in [5.74, 6) is -3.69. The van der Waals surface area contributed by atoms with E-state index in [9.17, 15) is 24.0 Å². The van der Waals surface area contributed by atoms with Gasteiger partial charge < -0.3 is 42.2 Å². The number of anilines is 1. The summed E-state index contributed by atoms with van der Waals surface area (Å²) in [6.07, 6.45) is 1.83. The molecule has 0 radical (unpaired) electrons. The lowest BCUT2D eigenvalue weighted by atomic mass is 10.0. The SMILES string of the molecule is CC(C)[C@@H](NC(=O)[C@H](CS)NC(=O)CCC[C@H](N)C(=O)O)C(=O)O.Nc1nc2c(ncn2COCCO)c(=O)[nH]1. The Morgan fingerprint density at radius 1 is 1.20 bits per heavy atom. The number of aliphatic carboxylic acids is 2. The summed E-state index contributed by atoms with van der Waals surface area (Å²) in [6.45, 7) is 3.60. The minimum absolute atomic E-state index is 0.00333. The molecule has 0 fully saturated rings. The highest BCUT2D eigenvalue weighted by atomic mass is 32.1. The molecule has 2 aromatic rings. The van der Waals surface area contributed by atoms with Crippen molar-refractivity contribution in [1.82, 2.24) is 30.2 Å². The monoisotopic (exact) mass is 588 g/mol. The highest BCUT2D eigenvalue weighted by Gasteiger charge is 2.27. The first-order valence-electron chi connectivity index (χ1n) is 12.1. The number of nitrogens with one attached hydrogen (secondary N) is 3. The van der Waals surface area contributed by atoms with E-state index in [1.165, 1.54) is 10.9 Å². The third-order valence-corrected chi connectivity index (χ3v) is 5.63. The number of aromatic nitrogens is 4. The van der Waals surface area contributed by atoms with Gasteiger partial charge in [0.15, 0.2) is 11.2 Å². The number of aromatic amines is 1. The maximum absolute atomic E-state index is 12.1. The van der Waals surface area contributed by atoms with Gasteiger partial charge in [0.25, 0.3) is 5.56 Å². The lowest BCUT2D eigenvalue weighted by Crippen LogP contribution is -2.53. The fourth-order valence-corrected chi connectivity index (χ4v) is 3.38. The van der Waals surface area contributed by atoms with E-state index in [2.05, 4.69) is 38.2 Å². The number of nitrogens with two attached hydrogens (primary N) is 2. The molecule has 3 atom stereocenters. The zero-order valence-electron chi connectivity index (χ0n) is 22.1. The molecule has 0 saturated carbocycles. The number of carbonyl (C=O) groups is 4. The number of carboxylic acid groups (broad SMARTS) is 2. The van der Waals surface area contributed by atoms with Crippen LogP contribution in [0.2, 0.25) is 0 Å². The summed E-state index contributed by atoms with van der Waals surface area (Å²) in [5.41, 5.74) is 10.9. The minimum Gasteiger partial charge on any atom is -0.480 e. The first-order valence-corrected chi connectivity index (χ1v) is 12.8. The number of amides is 2. The van der Waals surface area contributed by atoms with Gasteiger partial charge in [-0.15, -0.1) is 0 Å². The van der Waals surface area contributed by atoms with Crippen molar-refractivity contribution in [2.24, 2.45) is 11.7 Å². The van der Waals surface area contributed by atoms with Crippen LogP contribution in [0, 0.1) is 5.92 Å². The average molecular weight is 589 g/mol. The van der Waals surface area contributed by atoms with Crippen molar-refractivity contribution < 1.29 is 39.2 Å². The Labute approximate surface area is 234 Å². The second-order valence-electron chi connectivity index (χ2n) is 8.81. The van der Waals surface area contributed by atoms with Crippen molar-refractivity contribution in [1.29, 1.82) is 0 Å². The normalized spacial score (nSPS) is 13.2. The molecule has 2 aromatic heterocycles. The molecule has 40 heavy (non-hydrogen) atoms. The maximum Gasteiger partial charge on any atom is 0.326 e. The Bertz CT molecular complexity index is 1200. The Hall–Kier alpha value is -3.74. The molecule has 0 bridgehead atoms. The molecule has 2 rings (SSSR count). The van der Waals surface area contributed by atoms with Gasteiger partial charge in [0, 0.05) is 12.2 Å². The molecule has 2 amide bonds. The van der Waals surface area contributed by atoms with Gasteiger partial charge in [0.1, 0.15) is 24.9 Å². The quantitative estimate of drug-likeness (QED) is 0.0795. The van der Waals surface area contributed by atoms with Gasteiger partial charge in [-0.3, -0.25) is 28.7 Å². The number of hydrogen-bond acceptors (Lipinski definition) is 12. The van der Waals surface area contributed by atoms with E-state index < -0.39 is 41.9 Å². The fourth-order valence-electron chi connectivity index (χ4n) is 3.13. The lowest BCUT2D eigenvalue weighted by molar-refractivity contribution is -0.143. The fraction of sp³-hybridized carbons (Fsp3) is 0.591. The number of H-pyrrole nitrogens is 1. The van der Waals surface area contributed by atoms with Gasteiger partial charge in [0.2, 0.25) is 17.8 Å². The van der Waals surface area contributed by atoms with E-state index in [0.29, 0.717) is 5.65 Å². The number of imidazole rings is 1. The number of nitrogens with zero attached hydrogens (tertiary/aromatic N) is 3. The predicted molar refractivity (Wildman–Crippen MR) is 145 cm³/mol. The van der Waals surface area contributed by atoms with Gasteiger partial charge >= 0.3 is 11.9 Å². The van der Waals surface area contributed by atoms with E-state index >= 15 is 0 Å². The summed E-state index contributed by atoms with van der Waals surface area (Å²) in [5, 5.41) is 31.1. The molecule has 2 heterocycles. The van der Waals surface area contributed by atoms with Crippen molar-refractivity contribution in [3.05, 3.63) is 16.7 Å². The second kappa shape index (κ2) is 17.1. The van der Waals surface area contributed by atoms with E-state index in [0.717, 1.165) is 0 Å². The van der Waals surface area contributed by atoms with Crippen molar-refractivity contribution in [3.8, 4) is 0 Å². The third kappa shape index (κ3) is 11.2. The Kier molecular flexibility index (Phi) is 14.6. The Morgan fingerprint density at radius 2 is 1.88 bits per heavy atom. The van der Waals surface area contributed by atoms with Crippen LogP contribution in [-0.4, -0.2) is 95.7 Å². The average Bonchev–Trinajstić information content (AvgIpc) is 3.28. The number of nitrogen functional groups attached to an aromatic ring is 1. The number of rotatable bonds is 15. The van der Waals surface area contributed by atoms with Crippen LogP contribution in [0.15, 0.2) is 11.1 Å². The van der Waals surface area contributed by atoms with Crippen molar-refractivity contribution in [2.75, 3.05) is 24.7 Å². The summed E-state index contributed by atoms with van der Waals surface area (Å²) in [7, 11) is 0. The van der Waals surface area contributed by atoms with Gasteiger partial charge in [0.05, 0.1) is 19.5 Å². The molecule has 0 aliphatic carbocycles. The molecule has 0 aliphatic rings. The number of hydrogen-bond donors (Lipinski definition) is 9. The Morgan fingerprint density at radius 3 is 2.42 bits per heavy atom. The van der Waals surface area contributed by atoms with Crippen LogP contribution in [0.4, 0.5) is 5.95 Å². The summed E-state index contributed by atoms with van der Waals surface area (Å²) < 4.78 is 6.63. The number of aliphatic hydroxyl groups is 1. The number of ether oxygens (including phenoxy) is 1. The molecule has 10 N–H and O–H groups in total. The third-order valence-electron chi connectivity index (χ3n) is 5.26. The number of aliphatic hydroxyl groups excluding tert-OH is 1. The van der Waals surface area contributed by atoms with Crippen LogP contribution in [0.1, 0.15) is 33.1 Å². The zero-order chi connectivity index (χ0) is 30.4. The largest absolute Gasteiger partial charge is 0.480 e. The first-order chi connectivity index (χ1) is 18.8. The van der Waals surface area contributed by atoms with Crippen molar-refractivity contribution >= 4 is 53.5 Å². The number of thiol groups is 1. The standard InChI is InChI=1S/C14H25N3O6S.C8H11N5O3/c1-7(2)11(14(22)23)17-12(19)9(6-24)16-10(18)5-3-4-8(15)13(20)21;9-8-11-6-5(7(15)12-8)10-3-13(6)4-16-2-1-14/h7-9,11,24H,3-6,15H2,1-2H3,(H,16,18)(H,17,19)(H,20,21)(H,22,23);3,14H,1-2,4H2,(H3,9,11,12,15)/t8-,9-,11+;/m0./s1. The lowest BCUT2D eigenvalue weighted by Gasteiger charge is -2.22. The molecule has 0 aliphatic heterocycles. The van der Waals surface area contributed by atoms with E-state index in [-0.39, 0.29) is 67.9 Å². The van der Waals surface area contributed by atoms with Crippen molar-refractivity contribution in [2.45, 2.75) is 58.0 Å². The maximum atomic E-state index is 12.1. The van der Waals surface area contributed by atoms with Gasteiger partial charge in [-0.25, -0.2) is 9.78 Å². The van der Waals surface area contributed by atoms with Gasteiger partial charge in [-0.2, -0.15) is 17.6 Å². The molecule has 0 saturated heterocycles. The summed E-state index contributed by atoms with van der Waals surface area (Å²) >= 11 is 3.99. The van der Waals surface area contributed by atoms with Crippen LogP contribution in [-0.2, 0) is 30.6 Å².